The van der Waals surface area contributed by atoms with Crippen molar-refractivity contribution >= 4 is 17.6 Å². The van der Waals surface area contributed by atoms with E-state index in [2.05, 4.69) is 10.4 Å². The van der Waals surface area contributed by atoms with Crippen LogP contribution in [0.1, 0.15) is 41.6 Å². The molecule has 4 nitrogen and oxygen atoms in total. The van der Waals surface area contributed by atoms with Crippen molar-refractivity contribution in [2.24, 2.45) is 5.84 Å². The van der Waals surface area contributed by atoms with E-state index in [1.807, 2.05) is 11.8 Å². The Bertz CT molecular complexity index is 401. The first kappa shape index (κ1) is 10.4. The summed E-state index contributed by atoms with van der Waals surface area (Å²) in [7, 11) is 0. The quantitative estimate of drug-likeness (QED) is 0.606. The largest absolute Gasteiger partial charge is 0.308 e. The highest BCUT2D eigenvalue weighted by Crippen LogP contribution is 2.39. The van der Waals surface area contributed by atoms with E-state index < -0.39 is 0 Å². The van der Waals surface area contributed by atoms with E-state index in [1.165, 1.54) is 36.3 Å². The Morgan fingerprint density at radius 3 is 2.94 bits per heavy atom. The number of nitrogen functional groups attached to an aromatic ring is 1. The lowest BCUT2D eigenvalue weighted by Crippen LogP contribution is -2.14. The van der Waals surface area contributed by atoms with E-state index in [1.54, 1.807) is 0 Å². The van der Waals surface area contributed by atoms with Crippen molar-refractivity contribution in [3.63, 3.8) is 0 Å². The summed E-state index contributed by atoms with van der Waals surface area (Å²) in [6, 6.07) is 0. The first-order chi connectivity index (χ1) is 7.88. The molecule has 1 aromatic rings. The van der Waals surface area contributed by atoms with Gasteiger partial charge in [0.25, 0.3) is 0 Å². The molecule has 3 rings (SSSR count). The van der Waals surface area contributed by atoms with Gasteiger partial charge in [-0.3, -0.25) is 0 Å². The molecule has 0 aromatic carbocycles. The maximum Gasteiger partial charge on any atom is 0.147 e. The number of hydrogen-bond donors (Lipinski definition) is 2. The van der Waals surface area contributed by atoms with Crippen LogP contribution in [0.3, 0.4) is 0 Å². The zero-order valence-corrected chi connectivity index (χ0v) is 10.0. The summed E-state index contributed by atoms with van der Waals surface area (Å²) in [6.07, 6.45) is 5.80. The van der Waals surface area contributed by atoms with E-state index in [0.29, 0.717) is 5.25 Å². The molecule has 0 saturated carbocycles. The number of nitrogens with two attached hydrogens (primary N) is 1. The predicted molar refractivity (Wildman–Crippen MR) is 66.3 cm³/mol. The van der Waals surface area contributed by atoms with Gasteiger partial charge in [-0.05, 0) is 37.9 Å². The van der Waals surface area contributed by atoms with Crippen LogP contribution in [0.4, 0.5) is 5.82 Å². The summed E-state index contributed by atoms with van der Waals surface area (Å²) in [4.78, 5) is 9.29. The molecule has 1 aliphatic heterocycles. The number of thioether (sulfide) groups is 1. The Morgan fingerprint density at radius 1 is 1.25 bits per heavy atom. The Morgan fingerprint density at radius 2 is 2.19 bits per heavy atom. The van der Waals surface area contributed by atoms with Gasteiger partial charge >= 0.3 is 0 Å². The molecule has 86 valence electrons. The highest BCUT2D eigenvalue weighted by molar-refractivity contribution is 7.99. The molecule has 0 radical (unpaired) electrons. The van der Waals surface area contributed by atoms with Crippen LogP contribution in [0, 0.1) is 0 Å². The van der Waals surface area contributed by atoms with E-state index in [4.69, 9.17) is 10.8 Å². The molecular formula is C11H16N4S. The van der Waals surface area contributed by atoms with Crippen molar-refractivity contribution in [2.75, 3.05) is 11.2 Å². The fourth-order valence-electron chi connectivity index (χ4n) is 2.50. The summed E-state index contributed by atoms with van der Waals surface area (Å²) in [5, 5.41) is 0.484. The molecule has 0 bridgehead atoms. The van der Waals surface area contributed by atoms with Gasteiger partial charge in [0.05, 0.1) is 5.25 Å². The minimum absolute atomic E-state index is 0.484. The minimum atomic E-state index is 0.484. The number of rotatable bonds is 2. The van der Waals surface area contributed by atoms with Gasteiger partial charge in [0.15, 0.2) is 0 Å². The number of aromatic nitrogens is 2. The lowest BCUT2D eigenvalue weighted by atomic mass is 10.2. The van der Waals surface area contributed by atoms with Gasteiger partial charge < -0.3 is 5.43 Å². The van der Waals surface area contributed by atoms with Gasteiger partial charge in [-0.15, -0.1) is 0 Å². The average molecular weight is 236 g/mol. The number of hydrogen-bond acceptors (Lipinski definition) is 5. The molecule has 1 aliphatic carbocycles. The molecule has 2 aliphatic rings. The van der Waals surface area contributed by atoms with E-state index >= 15 is 0 Å². The number of aryl methyl sites for hydroxylation is 1. The van der Waals surface area contributed by atoms with E-state index in [9.17, 15) is 0 Å². The van der Waals surface area contributed by atoms with Gasteiger partial charge in [0.2, 0.25) is 0 Å². The Hall–Kier alpha value is -0.810. The molecule has 1 aromatic heterocycles. The molecule has 1 unspecified atom stereocenters. The predicted octanol–water partition coefficient (Wildman–Crippen LogP) is 1.82. The van der Waals surface area contributed by atoms with Gasteiger partial charge in [-0.2, -0.15) is 11.8 Å². The van der Waals surface area contributed by atoms with Crippen LogP contribution in [0.5, 0.6) is 0 Å². The van der Waals surface area contributed by atoms with Crippen molar-refractivity contribution < 1.29 is 0 Å². The van der Waals surface area contributed by atoms with Crippen LogP contribution >= 0.6 is 11.8 Å². The Balaban J connectivity index is 2.00. The highest BCUT2D eigenvalue weighted by Gasteiger charge is 2.25. The third-order valence-electron chi connectivity index (χ3n) is 3.30. The monoisotopic (exact) mass is 236 g/mol. The maximum absolute atomic E-state index is 5.54. The molecule has 1 fully saturated rings. The third-order valence-corrected chi connectivity index (χ3v) is 4.68. The molecular weight excluding hydrogens is 220 g/mol. The lowest BCUT2D eigenvalue weighted by Gasteiger charge is -2.12. The van der Waals surface area contributed by atoms with Crippen LogP contribution in [-0.2, 0) is 12.8 Å². The van der Waals surface area contributed by atoms with Crippen LogP contribution in [0.2, 0.25) is 0 Å². The second-order valence-electron chi connectivity index (χ2n) is 4.36. The van der Waals surface area contributed by atoms with E-state index in [0.717, 1.165) is 24.5 Å². The SMILES string of the molecule is NNc1nc(C2CCCS2)nc2c1CCC2. The van der Waals surface area contributed by atoms with Crippen molar-refractivity contribution in [3.05, 3.63) is 17.1 Å². The number of nitrogens with zero attached hydrogens (tertiary/aromatic N) is 2. The second-order valence-corrected chi connectivity index (χ2v) is 5.67. The fraction of sp³-hybridized carbons (Fsp3) is 0.636. The molecule has 16 heavy (non-hydrogen) atoms. The zero-order chi connectivity index (χ0) is 11.0. The van der Waals surface area contributed by atoms with Crippen molar-refractivity contribution in [3.8, 4) is 0 Å². The topological polar surface area (TPSA) is 63.8 Å². The average Bonchev–Trinajstić information content (AvgIpc) is 2.97. The molecule has 5 heteroatoms. The van der Waals surface area contributed by atoms with Gasteiger partial charge in [-0.1, -0.05) is 0 Å². The van der Waals surface area contributed by atoms with Crippen molar-refractivity contribution in [2.45, 2.75) is 37.4 Å². The Labute approximate surface area is 99.4 Å². The number of hydrazine groups is 1. The van der Waals surface area contributed by atoms with Gasteiger partial charge in [0.1, 0.15) is 11.6 Å². The molecule has 0 spiro atoms. The summed E-state index contributed by atoms with van der Waals surface area (Å²) >= 11 is 1.97. The summed E-state index contributed by atoms with van der Waals surface area (Å²) < 4.78 is 0. The molecule has 1 saturated heterocycles. The third kappa shape index (κ3) is 1.68. The van der Waals surface area contributed by atoms with Gasteiger partial charge in [0, 0.05) is 11.3 Å². The summed E-state index contributed by atoms with van der Waals surface area (Å²) in [5.41, 5.74) is 5.17. The molecule has 1 atom stereocenters. The van der Waals surface area contributed by atoms with Crippen LogP contribution in [0.15, 0.2) is 0 Å². The molecule has 2 heterocycles. The number of fused-ring (bicyclic) bond motifs is 1. The Kier molecular flexibility index (Phi) is 2.73. The minimum Gasteiger partial charge on any atom is -0.308 e. The summed E-state index contributed by atoms with van der Waals surface area (Å²) in [6.45, 7) is 0. The van der Waals surface area contributed by atoms with Crippen molar-refractivity contribution in [1.82, 2.24) is 9.97 Å². The number of anilines is 1. The first-order valence-electron chi connectivity index (χ1n) is 5.86. The molecule has 0 amide bonds. The summed E-state index contributed by atoms with van der Waals surface area (Å²) in [5.74, 6) is 8.61. The lowest BCUT2D eigenvalue weighted by molar-refractivity contribution is 0.767. The highest BCUT2D eigenvalue weighted by atomic mass is 32.2. The van der Waals surface area contributed by atoms with Crippen LogP contribution in [-0.4, -0.2) is 15.7 Å². The van der Waals surface area contributed by atoms with E-state index in [-0.39, 0.29) is 0 Å². The maximum atomic E-state index is 5.54. The number of nitrogens with one attached hydrogen (secondary N) is 1. The zero-order valence-electron chi connectivity index (χ0n) is 9.20. The first-order valence-corrected chi connectivity index (χ1v) is 6.91. The molecule has 3 N–H and O–H groups in total. The van der Waals surface area contributed by atoms with Gasteiger partial charge in [-0.25, -0.2) is 15.8 Å². The van der Waals surface area contributed by atoms with Crippen molar-refractivity contribution in [1.29, 1.82) is 0 Å². The van der Waals surface area contributed by atoms with Crippen LogP contribution in [0.25, 0.3) is 0 Å². The second kappa shape index (κ2) is 4.22. The normalized spacial score (nSPS) is 23.4. The fourth-order valence-corrected chi connectivity index (χ4v) is 3.70. The smallest absolute Gasteiger partial charge is 0.147 e. The van der Waals surface area contributed by atoms with Crippen LogP contribution < -0.4 is 11.3 Å². The standard InChI is InChI=1S/C11H16N4S/c12-15-10-7-3-1-4-8(7)13-11(14-10)9-5-2-6-16-9/h9H,1-6,12H2,(H,13,14,15).